The van der Waals surface area contributed by atoms with E-state index in [1.807, 2.05) is 0 Å². The van der Waals surface area contributed by atoms with Crippen molar-refractivity contribution < 1.29 is 4.57 Å². The Morgan fingerprint density at radius 1 is 0.788 bits per heavy atom. The lowest BCUT2D eigenvalue weighted by Gasteiger charge is -2.17. The van der Waals surface area contributed by atoms with E-state index in [9.17, 15) is 0 Å². The summed E-state index contributed by atoms with van der Waals surface area (Å²) >= 11 is 0. The van der Waals surface area contributed by atoms with Crippen molar-refractivity contribution in [2.45, 2.75) is 59.3 Å². The third kappa shape index (κ3) is 2.37. The van der Waals surface area contributed by atoms with Crippen LogP contribution in [-0.4, -0.2) is 4.40 Å². The summed E-state index contributed by atoms with van der Waals surface area (Å²) in [4.78, 5) is 0. The number of aromatic nitrogens is 2. The lowest BCUT2D eigenvalue weighted by atomic mass is 9.92. The molecule has 0 saturated heterocycles. The van der Waals surface area contributed by atoms with Gasteiger partial charge in [-0.1, -0.05) is 25.0 Å². The first-order chi connectivity index (χ1) is 16.0. The van der Waals surface area contributed by atoms with Crippen LogP contribution < -0.4 is 4.57 Å². The van der Waals surface area contributed by atoms with Crippen molar-refractivity contribution in [2.24, 2.45) is 7.05 Å². The molecule has 0 amide bonds. The van der Waals surface area contributed by atoms with E-state index in [4.69, 9.17) is 0 Å². The average Bonchev–Trinajstić information content (AvgIpc) is 3.45. The van der Waals surface area contributed by atoms with Crippen molar-refractivity contribution >= 4 is 49.0 Å². The molecule has 1 fully saturated rings. The second kappa shape index (κ2) is 6.47. The van der Waals surface area contributed by atoms with Gasteiger partial charge in [-0.2, -0.15) is 0 Å². The second-order valence-corrected chi connectivity index (χ2v) is 10.6. The van der Waals surface area contributed by atoms with Crippen molar-refractivity contribution in [3.63, 3.8) is 0 Å². The van der Waals surface area contributed by atoms with Crippen LogP contribution >= 0.6 is 0 Å². The number of rotatable bonds is 1. The van der Waals surface area contributed by atoms with E-state index < -0.39 is 0 Å². The SMILES string of the molecule is Cc1ccc2c(c1C)c1cc(C)c(C)c3c1n2c1cc(C2CCCC2)cc2cc[n+](C)c3c21. The first kappa shape index (κ1) is 19.3. The summed E-state index contributed by atoms with van der Waals surface area (Å²) in [5, 5.41) is 7.02. The molecule has 164 valence electrons. The molecule has 3 heterocycles. The number of pyridine rings is 2. The molecular formula is C31H31N2+. The van der Waals surface area contributed by atoms with Crippen LogP contribution in [-0.2, 0) is 7.05 Å². The van der Waals surface area contributed by atoms with Crippen molar-refractivity contribution in [3.05, 3.63) is 70.4 Å². The maximum Gasteiger partial charge on any atom is 0.224 e. The zero-order chi connectivity index (χ0) is 22.6. The van der Waals surface area contributed by atoms with Gasteiger partial charge >= 0.3 is 0 Å². The lowest BCUT2D eigenvalue weighted by Crippen LogP contribution is -2.29. The van der Waals surface area contributed by atoms with Gasteiger partial charge < -0.3 is 4.40 Å². The predicted molar refractivity (Wildman–Crippen MR) is 140 cm³/mol. The van der Waals surface area contributed by atoms with Gasteiger partial charge in [-0.05, 0) is 97.9 Å². The molecular weight excluding hydrogens is 400 g/mol. The summed E-state index contributed by atoms with van der Waals surface area (Å²) in [6, 6.07) is 14.5. The van der Waals surface area contributed by atoms with Crippen molar-refractivity contribution in [2.75, 3.05) is 0 Å². The second-order valence-electron chi connectivity index (χ2n) is 10.6. The van der Waals surface area contributed by atoms with Crippen LogP contribution in [0.4, 0.5) is 0 Å². The average molecular weight is 432 g/mol. The van der Waals surface area contributed by atoms with Gasteiger partial charge in [0.25, 0.3) is 0 Å². The molecule has 0 atom stereocenters. The Hall–Kier alpha value is -3.13. The maximum atomic E-state index is 2.60. The summed E-state index contributed by atoms with van der Waals surface area (Å²) in [6.07, 6.45) is 7.65. The Bertz CT molecular complexity index is 1760. The van der Waals surface area contributed by atoms with E-state index in [1.54, 1.807) is 0 Å². The number of aryl methyl sites for hydroxylation is 5. The molecule has 2 nitrogen and oxygen atoms in total. The van der Waals surface area contributed by atoms with E-state index in [-0.39, 0.29) is 0 Å². The fourth-order valence-corrected chi connectivity index (χ4v) is 6.79. The molecule has 1 aliphatic rings. The van der Waals surface area contributed by atoms with Gasteiger partial charge in [0.1, 0.15) is 7.05 Å². The van der Waals surface area contributed by atoms with Crippen molar-refractivity contribution in [1.82, 2.24) is 4.40 Å². The zero-order valence-electron chi connectivity index (χ0n) is 20.3. The predicted octanol–water partition coefficient (Wildman–Crippen LogP) is 7.71. The largest absolute Gasteiger partial charge is 0.307 e. The van der Waals surface area contributed by atoms with Crippen molar-refractivity contribution in [3.8, 4) is 0 Å². The van der Waals surface area contributed by atoms with E-state index in [0.29, 0.717) is 5.92 Å². The fraction of sp³-hybridized carbons (Fsp3) is 0.323. The number of benzene rings is 3. The van der Waals surface area contributed by atoms with Gasteiger partial charge in [0.15, 0.2) is 6.20 Å². The summed E-state index contributed by atoms with van der Waals surface area (Å²) < 4.78 is 4.95. The third-order valence-electron chi connectivity index (χ3n) is 8.81. The minimum atomic E-state index is 0.700. The minimum Gasteiger partial charge on any atom is -0.307 e. The van der Waals surface area contributed by atoms with Crippen LogP contribution in [0.2, 0.25) is 0 Å². The fourth-order valence-electron chi connectivity index (χ4n) is 6.79. The van der Waals surface area contributed by atoms with Gasteiger partial charge in [0.2, 0.25) is 5.52 Å². The Balaban J connectivity index is 1.85. The molecule has 0 N–H and O–H groups in total. The van der Waals surface area contributed by atoms with Gasteiger partial charge in [-0.15, -0.1) is 0 Å². The highest BCUT2D eigenvalue weighted by Crippen LogP contribution is 2.44. The Labute approximate surface area is 194 Å². The summed E-state index contributed by atoms with van der Waals surface area (Å²) in [5.41, 5.74) is 12.6. The summed E-state index contributed by atoms with van der Waals surface area (Å²) in [7, 11) is 2.21. The van der Waals surface area contributed by atoms with Gasteiger partial charge in [0.05, 0.1) is 27.3 Å². The quantitative estimate of drug-likeness (QED) is 0.143. The van der Waals surface area contributed by atoms with Crippen LogP contribution in [0.25, 0.3) is 49.0 Å². The molecule has 1 saturated carbocycles. The standard InChI is InChI=1S/C31H31N2/c1-17-10-11-25-27(19(17)3)24-14-18(2)20(4)28-30(24)33(25)26-16-23(21-8-6-7-9-21)15-22-12-13-32(5)31(28)29(22)26/h10-16,21H,6-9H2,1-5H3/q+1. The first-order valence-corrected chi connectivity index (χ1v) is 12.5. The highest BCUT2D eigenvalue weighted by Gasteiger charge is 2.27. The van der Waals surface area contributed by atoms with E-state index >= 15 is 0 Å². The molecule has 3 aromatic carbocycles. The molecule has 6 aromatic rings. The Morgan fingerprint density at radius 3 is 2.33 bits per heavy atom. The van der Waals surface area contributed by atoms with Crippen LogP contribution in [0.1, 0.15) is 59.4 Å². The Morgan fingerprint density at radius 2 is 1.55 bits per heavy atom. The molecule has 0 unspecified atom stereocenters. The monoisotopic (exact) mass is 431 g/mol. The zero-order valence-corrected chi connectivity index (χ0v) is 20.3. The highest BCUT2D eigenvalue weighted by molar-refractivity contribution is 6.26. The first-order valence-electron chi connectivity index (χ1n) is 12.5. The molecule has 0 spiro atoms. The highest BCUT2D eigenvalue weighted by atomic mass is 15.0. The third-order valence-corrected chi connectivity index (χ3v) is 8.81. The van der Waals surface area contributed by atoms with E-state index in [2.05, 4.69) is 86.3 Å². The molecule has 2 heteroatoms. The van der Waals surface area contributed by atoms with Crippen LogP contribution in [0.5, 0.6) is 0 Å². The Kier molecular flexibility index (Phi) is 3.79. The lowest BCUT2D eigenvalue weighted by molar-refractivity contribution is -0.643. The number of fused-ring (bicyclic) bond motifs is 5. The van der Waals surface area contributed by atoms with E-state index in [1.165, 1.54) is 102 Å². The minimum absolute atomic E-state index is 0.700. The van der Waals surface area contributed by atoms with Gasteiger partial charge in [-0.25, -0.2) is 4.57 Å². The smallest absolute Gasteiger partial charge is 0.224 e. The molecule has 0 radical (unpaired) electrons. The summed E-state index contributed by atoms with van der Waals surface area (Å²) in [6.45, 7) is 9.12. The van der Waals surface area contributed by atoms with Crippen molar-refractivity contribution in [1.29, 1.82) is 0 Å². The normalized spacial score (nSPS) is 15.4. The van der Waals surface area contributed by atoms with E-state index in [0.717, 1.165) is 0 Å². The molecule has 33 heavy (non-hydrogen) atoms. The van der Waals surface area contributed by atoms with Gasteiger partial charge in [-0.3, -0.25) is 0 Å². The molecule has 0 bridgehead atoms. The molecule has 3 aromatic heterocycles. The maximum absolute atomic E-state index is 2.60. The molecule has 7 rings (SSSR count). The number of hydrogen-bond donors (Lipinski definition) is 0. The van der Waals surface area contributed by atoms with Crippen LogP contribution in [0.15, 0.2) is 42.6 Å². The van der Waals surface area contributed by atoms with Crippen LogP contribution in [0, 0.1) is 27.7 Å². The van der Waals surface area contributed by atoms with Crippen LogP contribution in [0.3, 0.4) is 0 Å². The summed E-state index contributed by atoms with van der Waals surface area (Å²) in [5.74, 6) is 0.700. The molecule has 0 aliphatic heterocycles. The number of nitrogens with zero attached hydrogens (tertiary/aromatic N) is 2. The van der Waals surface area contributed by atoms with Gasteiger partial charge in [0, 0.05) is 16.8 Å². The topological polar surface area (TPSA) is 8.29 Å². The number of hydrogen-bond acceptors (Lipinski definition) is 0. The molecule has 1 aliphatic carbocycles.